The maximum atomic E-state index is 12.5. The average Bonchev–Trinajstić information content (AvgIpc) is 3.07. The topological polar surface area (TPSA) is 132 Å². The Morgan fingerprint density at radius 1 is 0.667 bits per heavy atom. The maximum Gasteiger partial charge on any atom is 0.472 e. The highest BCUT2D eigenvalue weighted by atomic mass is 31.2. The van der Waals surface area contributed by atoms with Crippen LogP contribution in [0.25, 0.3) is 0 Å². The summed E-state index contributed by atoms with van der Waals surface area (Å²) in [4.78, 5) is 22.4. The van der Waals surface area contributed by atoms with E-state index in [1.807, 2.05) is 0 Å². The van der Waals surface area contributed by atoms with Crippen LogP contribution in [-0.2, 0) is 27.9 Å². The Morgan fingerprint density at radius 3 is 1.79 bits per heavy atom. The van der Waals surface area contributed by atoms with E-state index in [4.69, 9.17) is 23.6 Å². The lowest BCUT2D eigenvalue weighted by Gasteiger charge is -2.20. The summed E-state index contributed by atoms with van der Waals surface area (Å²) in [5, 5.41) is 18.3. The Kier molecular flexibility index (Phi) is 33.2. The van der Waals surface area contributed by atoms with Crippen LogP contribution in [0.4, 0.5) is 0 Å². The summed E-state index contributed by atoms with van der Waals surface area (Å²) in [6.07, 6.45) is 38.7. The first kappa shape index (κ1) is 45.9. The van der Waals surface area contributed by atoms with Crippen molar-refractivity contribution in [3.05, 3.63) is 72.9 Å². The number of hydrogen-bond donors (Lipinski definition) is 3. The van der Waals surface area contributed by atoms with Crippen molar-refractivity contribution in [1.82, 2.24) is 0 Å². The van der Waals surface area contributed by atoms with Crippen LogP contribution in [0, 0.1) is 0 Å². The molecule has 0 heterocycles. The van der Waals surface area contributed by atoms with Gasteiger partial charge in [-0.3, -0.25) is 13.8 Å². The van der Waals surface area contributed by atoms with E-state index in [0.29, 0.717) is 13.0 Å². The van der Waals surface area contributed by atoms with Gasteiger partial charge >= 0.3 is 13.8 Å². The molecular weight excluding hydrogens is 631 g/mol. The summed E-state index contributed by atoms with van der Waals surface area (Å²) in [7, 11) is -4.53. The number of carbonyl (C=O) groups excluding carboxylic acids is 1. The van der Waals surface area contributed by atoms with E-state index in [-0.39, 0.29) is 13.0 Å². The average molecular weight is 697 g/mol. The lowest BCUT2D eigenvalue weighted by Crippen LogP contribution is -2.29. The highest BCUT2D eigenvalue weighted by Crippen LogP contribution is 2.43. The standard InChI is InChI=1S/C38H65O9P/c1-3-5-7-9-11-13-15-17-19-21-23-25-27-29-31-44-34-37(35-46-48(42,43)45-33-36(40)32-39)47-38(41)30-28-26-24-22-20-18-16-14-12-10-8-6-4-2/h5,7-8,10-11,13-14,16-17,19,23,25,36-37,39-40H,3-4,6,9,12,15,18,20-22,24,26-35H2,1-2H3,(H,42,43)/b7-5-,10-8-,13-11-,16-14-,19-17-,25-23-. The molecule has 0 radical (unpaired) electrons. The summed E-state index contributed by atoms with van der Waals surface area (Å²) in [6, 6.07) is 0. The number of unbranched alkanes of at least 4 members (excludes halogenated alkanes) is 7. The van der Waals surface area contributed by atoms with E-state index in [1.165, 1.54) is 6.42 Å². The summed E-state index contributed by atoms with van der Waals surface area (Å²) >= 11 is 0. The first-order valence-electron chi connectivity index (χ1n) is 17.9. The molecule has 0 saturated heterocycles. The van der Waals surface area contributed by atoms with Crippen molar-refractivity contribution in [2.75, 3.05) is 33.0 Å². The lowest BCUT2D eigenvalue weighted by atomic mass is 10.1. The number of rotatable bonds is 33. The molecule has 10 heteroatoms. The van der Waals surface area contributed by atoms with Crippen LogP contribution in [0.2, 0.25) is 0 Å². The summed E-state index contributed by atoms with van der Waals surface area (Å²) in [6.45, 7) is 3.12. The number of phosphoric acid groups is 1. The number of hydrogen-bond acceptors (Lipinski definition) is 8. The molecule has 0 aliphatic rings. The first-order chi connectivity index (χ1) is 23.3. The lowest BCUT2D eigenvalue weighted by molar-refractivity contribution is -0.154. The molecule has 48 heavy (non-hydrogen) atoms. The van der Waals surface area contributed by atoms with E-state index in [1.54, 1.807) is 0 Å². The van der Waals surface area contributed by atoms with Crippen LogP contribution < -0.4 is 0 Å². The van der Waals surface area contributed by atoms with Gasteiger partial charge < -0.3 is 24.6 Å². The number of esters is 1. The number of allylic oxidation sites excluding steroid dienone is 12. The normalized spacial score (nSPS) is 15.2. The molecule has 0 saturated carbocycles. The molecule has 0 amide bonds. The molecule has 0 aromatic rings. The van der Waals surface area contributed by atoms with Gasteiger partial charge in [0.2, 0.25) is 0 Å². The van der Waals surface area contributed by atoms with Crippen LogP contribution in [0.15, 0.2) is 72.9 Å². The monoisotopic (exact) mass is 696 g/mol. The number of aliphatic hydroxyl groups is 2. The molecule has 0 rings (SSSR count). The third-order valence-corrected chi connectivity index (χ3v) is 7.81. The Bertz CT molecular complexity index is 971. The molecule has 3 unspecified atom stereocenters. The zero-order chi connectivity index (χ0) is 35.4. The van der Waals surface area contributed by atoms with Crippen LogP contribution in [-0.4, -0.2) is 66.3 Å². The molecular formula is C38H65O9P. The minimum atomic E-state index is -4.53. The van der Waals surface area contributed by atoms with Gasteiger partial charge in [0.15, 0.2) is 0 Å². The van der Waals surface area contributed by atoms with Crippen molar-refractivity contribution in [2.24, 2.45) is 0 Å². The number of ether oxygens (including phenoxy) is 2. The number of carbonyl (C=O) groups is 1. The van der Waals surface area contributed by atoms with Gasteiger partial charge in [-0.05, 0) is 70.6 Å². The highest BCUT2D eigenvalue weighted by molar-refractivity contribution is 7.47. The Hall–Kier alpha value is -2.10. The zero-order valence-electron chi connectivity index (χ0n) is 29.7. The van der Waals surface area contributed by atoms with Gasteiger partial charge in [-0.15, -0.1) is 0 Å². The third kappa shape index (κ3) is 33.8. The van der Waals surface area contributed by atoms with Gasteiger partial charge in [-0.1, -0.05) is 112 Å². The van der Waals surface area contributed by atoms with Crippen molar-refractivity contribution in [3.63, 3.8) is 0 Å². The summed E-state index contributed by atoms with van der Waals surface area (Å²) in [5.41, 5.74) is 0. The summed E-state index contributed by atoms with van der Waals surface area (Å²) in [5.74, 6) is -0.421. The van der Waals surface area contributed by atoms with E-state index in [9.17, 15) is 19.4 Å². The maximum absolute atomic E-state index is 12.5. The molecule has 3 N–H and O–H groups in total. The molecule has 276 valence electrons. The minimum Gasteiger partial charge on any atom is -0.457 e. The molecule has 0 fully saturated rings. The van der Waals surface area contributed by atoms with Gasteiger partial charge in [0, 0.05) is 13.0 Å². The van der Waals surface area contributed by atoms with Crippen LogP contribution >= 0.6 is 7.82 Å². The molecule has 0 bridgehead atoms. The Labute approximate surface area is 291 Å². The fourth-order valence-electron chi connectivity index (χ4n) is 4.16. The second-order valence-electron chi connectivity index (χ2n) is 11.5. The molecule has 0 aromatic carbocycles. The molecule has 0 aliphatic heterocycles. The molecule has 9 nitrogen and oxygen atoms in total. The van der Waals surface area contributed by atoms with E-state index < -0.39 is 45.8 Å². The summed E-state index contributed by atoms with van der Waals surface area (Å²) < 4.78 is 33.1. The van der Waals surface area contributed by atoms with Crippen molar-refractivity contribution in [2.45, 2.75) is 129 Å². The molecule has 0 aromatic heterocycles. The fraction of sp³-hybridized carbons (Fsp3) is 0.658. The molecule has 0 spiro atoms. The highest BCUT2D eigenvalue weighted by Gasteiger charge is 2.26. The predicted octanol–water partition coefficient (Wildman–Crippen LogP) is 9.02. The fourth-order valence-corrected chi connectivity index (χ4v) is 4.95. The first-order valence-corrected chi connectivity index (χ1v) is 19.4. The van der Waals surface area contributed by atoms with E-state index >= 15 is 0 Å². The van der Waals surface area contributed by atoms with Crippen LogP contribution in [0.5, 0.6) is 0 Å². The SMILES string of the molecule is CC/C=C\C/C=C\C/C=C\C/C=C\CCCOCC(COP(=O)(O)OCC(O)CO)OC(=O)CCCCCCC/C=C\C/C=C\CCC. The number of phosphoric ester groups is 1. The van der Waals surface area contributed by atoms with Gasteiger partial charge in [-0.25, -0.2) is 4.57 Å². The van der Waals surface area contributed by atoms with Crippen molar-refractivity contribution >= 4 is 13.8 Å². The smallest absolute Gasteiger partial charge is 0.457 e. The van der Waals surface area contributed by atoms with Gasteiger partial charge in [0.25, 0.3) is 0 Å². The van der Waals surface area contributed by atoms with Gasteiger partial charge in [0.1, 0.15) is 12.2 Å². The third-order valence-electron chi connectivity index (χ3n) is 6.86. The van der Waals surface area contributed by atoms with E-state index in [2.05, 4.69) is 86.8 Å². The zero-order valence-corrected chi connectivity index (χ0v) is 30.6. The second kappa shape index (κ2) is 34.8. The number of aliphatic hydroxyl groups excluding tert-OH is 2. The minimum absolute atomic E-state index is 0.00111. The molecule has 3 atom stereocenters. The quantitative estimate of drug-likeness (QED) is 0.0266. The van der Waals surface area contributed by atoms with Gasteiger partial charge in [0.05, 0.1) is 26.4 Å². The van der Waals surface area contributed by atoms with Crippen LogP contribution in [0.1, 0.15) is 117 Å². The van der Waals surface area contributed by atoms with Crippen molar-refractivity contribution in [1.29, 1.82) is 0 Å². The van der Waals surface area contributed by atoms with Crippen molar-refractivity contribution < 1.29 is 43.0 Å². The Balaban J connectivity index is 4.41. The second-order valence-corrected chi connectivity index (χ2v) is 13.0. The molecule has 0 aliphatic carbocycles. The Morgan fingerprint density at radius 2 is 1.19 bits per heavy atom. The van der Waals surface area contributed by atoms with Gasteiger partial charge in [-0.2, -0.15) is 0 Å². The van der Waals surface area contributed by atoms with Crippen molar-refractivity contribution in [3.8, 4) is 0 Å². The predicted molar refractivity (Wildman–Crippen MR) is 196 cm³/mol. The largest absolute Gasteiger partial charge is 0.472 e. The van der Waals surface area contributed by atoms with Crippen LogP contribution in [0.3, 0.4) is 0 Å². The van der Waals surface area contributed by atoms with E-state index in [0.717, 1.165) is 83.5 Å².